The highest BCUT2D eigenvalue weighted by molar-refractivity contribution is 5.29. The molecule has 110 valence electrons. The quantitative estimate of drug-likeness (QED) is 0.917. The first-order chi connectivity index (χ1) is 9.78. The number of aryl methyl sites for hydroxylation is 1. The predicted octanol–water partition coefficient (Wildman–Crippen LogP) is 3.37. The molecule has 0 atom stereocenters. The van der Waals surface area contributed by atoms with Crippen LogP contribution in [0.2, 0.25) is 0 Å². The van der Waals surface area contributed by atoms with Crippen LogP contribution in [0.3, 0.4) is 0 Å². The maximum Gasteiger partial charge on any atom is 0.132 e. The number of hydrogen-bond donors (Lipinski definition) is 1. The van der Waals surface area contributed by atoms with Crippen molar-refractivity contribution in [3.63, 3.8) is 0 Å². The minimum Gasteiger partial charge on any atom is -0.311 e. The normalized spacial score (nSPS) is 26.3. The first kappa shape index (κ1) is 14.0. The Kier molecular flexibility index (Phi) is 4.35. The summed E-state index contributed by atoms with van der Waals surface area (Å²) in [4.78, 5) is 9.92. The Hall–Kier alpha value is -0.960. The van der Waals surface area contributed by atoms with E-state index in [0.717, 1.165) is 37.7 Å². The molecule has 1 aromatic rings. The van der Waals surface area contributed by atoms with Crippen LogP contribution < -0.4 is 5.32 Å². The van der Waals surface area contributed by atoms with Crippen LogP contribution in [0.4, 0.5) is 0 Å². The summed E-state index contributed by atoms with van der Waals surface area (Å²) in [5, 5.41) is 3.46. The van der Waals surface area contributed by atoms with Crippen LogP contribution >= 0.6 is 0 Å². The van der Waals surface area contributed by atoms with E-state index in [1.54, 1.807) is 0 Å². The fraction of sp³-hybridized carbons (Fsp3) is 0.765. The van der Waals surface area contributed by atoms with Crippen LogP contribution in [0.15, 0.2) is 0 Å². The molecule has 1 aromatic heterocycles. The van der Waals surface area contributed by atoms with E-state index in [0.29, 0.717) is 5.92 Å². The van der Waals surface area contributed by atoms with Crippen molar-refractivity contribution in [2.75, 3.05) is 6.54 Å². The summed E-state index contributed by atoms with van der Waals surface area (Å²) < 4.78 is 0. The Morgan fingerprint density at radius 2 is 1.95 bits per heavy atom. The summed E-state index contributed by atoms with van der Waals surface area (Å²) >= 11 is 0. The molecule has 0 aromatic carbocycles. The molecular formula is C17H27N3. The van der Waals surface area contributed by atoms with Crippen LogP contribution in [0.25, 0.3) is 0 Å². The van der Waals surface area contributed by atoms with Gasteiger partial charge in [-0.15, -0.1) is 0 Å². The standard InChI is InChI=1S/C17H27N3/c1-3-4-15-14-9-10-18-11-16(14)20-17(19-15)13-7-5-12(2)6-8-13/h12-13,18H,3-11H2,1-2H3. The molecule has 1 aliphatic carbocycles. The number of rotatable bonds is 3. The van der Waals surface area contributed by atoms with Crippen molar-refractivity contribution < 1.29 is 0 Å². The molecule has 2 heterocycles. The van der Waals surface area contributed by atoms with Crippen molar-refractivity contribution in [1.29, 1.82) is 0 Å². The number of aromatic nitrogens is 2. The highest BCUT2D eigenvalue weighted by Gasteiger charge is 2.24. The first-order valence-corrected chi connectivity index (χ1v) is 8.37. The van der Waals surface area contributed by atoms with Crippen LogP contribution in [0.1, 0.15) is 74.6 Å². The van der Waals surface area contributed by atoms with Crippen molar-refractivity contribution >= 4 is 0 Å². The van der Waals surface area contributed by atoms with E-state index < -0.39 is 0 Å². The lowest BCUT2D eigenvalue weighted by atomic mass is 9.82. The van der Waals surface area contributed by atoms with E-state index in [-0.39, 0.29) is 0 Å². The van der Waals surface area contributed by atoms with E-state index in [2.05, 4.69) is 19.2 Å². The molecule has 0 saturated heterocycles. The average Bonchev–Trinajstić information content (AvgIpc) is 2.48. The largest absolute Gasteiger partial charge is 0.311 e. The molecule has 3 nitrogen and oxygen atoms in total. The van der Waals surface area contributed by atoms with E-state index in [1.165, 1.54) is 49.1 Å². The maximum absolute atomic E-state index is 4.99. The summed E-state index contributed by atoms with van der Waals surface area (Å²) in [7, 11) is 0. The molecule has 1 saturated carbocycles. The lowest BCUT2D eigenvalue weighted by Gasteiger charge is -2.27. The van der Waals surface area contributed by atoms with Gasteiger partial charge in [0, 0.05) is 18.2 Å². The molecule has 0 unspecified atom stereocenters. The van der Waals surface area contributed by atoms with E-state index in [1.807, 2.05) is 0 Å². The third-order valence-electron chi connectivity index (χ3n) is 4.91. The molecule has 0 bridgehead atoms. The Balaban J connectivity index is 1.89. The van der Waals surface area contributed by atoms with Gasteiger partial charge in [-0.05, 0) is 43.7 Å². The summed E-state index contributed by atoms with van der Waals surface area (Å²) in [5.74, 6) is 2.64. The van der Waals surface area contributed by atoms with Crippen LogP contribution in [-0.2, 0) is 19.4 Å². The predicted molar refractivity (Wildman–Crippen MR) is 81.8 cm³/mol. The summed E-state index contributed by atoms with van der Waals surface area (Å²) in [6.07, 6.45) is 8.63. The molecule has 1 aliphatic heterocycles. The van der Waals surface area contributed by atoms with Gasteiger partial charge in [-0.25, -0.2) is 9.97 Å². The zero-order chi connectivity index (χ0) is 13.9. The van der Waals surface area contributed by atoms with Gasteiger partial charge in [0.1, 0.15) is 5.82 Å². The Bertz CT molecular complexity index is 462. The lowest BCUT2D eigenvalue weighted by molar-refractivity contribution is 0.338. The van der Waals surface area contributed by atoms with Gasteiger partial charge in [0.05, 0.1) is 5.69 Å². The fourth-order valence-electron chi connectivity index (χ4n) is 3.60. The van der Waals surface area contributed by atoms with Crippen molar-refractivity contribution in [2.45, 2.75) is 71.3 Å². The highest BCUT2D eigenvalue weighted by Crippen LogP contribution is 2.34. The molecule has 1 N–H and O–H groups in total. The molecular weight excluding hydrogens is 246 g/mol. The van der Waals surface area contributed by atoms with E-state index in [4.69, 9.17) is 9.97 Å². The Morgan fingerprint density at radius 3 is 2.70 bits per heavy atom. The van der Waals surface area contributed by atoms with Gasteiger partial charge in [-0.2, -0.15) is 0 Å². The van der Waals surface area contributed by atoms with Crippen LogP contribution in [0, 0.1) is 5.92 Å². The Labute approximate surface area is 122 Å². The number of nitrogens with zero attached hydrogens (tertiary/aromatic N) is 2. The molecule has 20 heavy (non-hydrogen) atoms. The second kappa shape index (κ2) is 6.21. The molecule has 0 radical (unpaired) electrons. The van der Waals surface area contributed by atoms with Crippen molar-refractivity contribution in [3.05, 3.63) is 22.8 Å². The maximum atomic E-state index is 4.99. The molecule has 2 aliphatic rings. The molecule has 0 spiro atoms. The summed E-state index contributed by atoms with van der Waals surface area (Å²) in [6, 6.07) is 0. The van der Waals surface area contributed by atoms with E-state index >= 15 is 0 Å². The van der Waals surface area contributed by atoms with Gasteiger partial charge in [-0.1, -0.05) is 33.1 Å². The first-order valence-electron chi connectivity index (χ1n) is 8.37. The zero-order valence-corrected chi connectivity index (χ0v) is 12.9. The highest BCUT2D eigenvalue weighted by atomic mass is 15.0. The number of fused-ring (bicyclic) bond motifs is 1. The molecule has 1 fully saturated rings. The number of hydrogen-bond acceptors (Lipinski definition) is 3. The minimum atomic E-state index is 0.606. The van der Waals surface area contributed by atoms with Gasteiger partial charge in [0.25, 0.3) is 0 Å². The third-order valence-corrected chi connectivity index (χ3v) is 4.91. The fourth-order valence-corrected chi connectivity index (χ4v) is 3.60. The van der Waals surface area contributed by atoms with Crippen molar-refractivity contribution in [2.24, 2.45) is 5.92 Å². The van der Waals surface area contributed by atoms with Gasteiger partial charge >= 0.3 is 0 Å². The monoisotopic (exact) mass is 273 g/mol. The zero-order valence-electron chi connectivity index (χ0n) is 12.9. The smallest absolute Gasteiger partial charge is 0.132 e. The second-order valence-corrected chi connectivity index (χ2v) is 6.59. The van der Waals surface area contributed by atoms with Crippen molar-refractivity contribution in [3.8, 4) is 0 Å². The Morgan fingerprint density at radius 1 is 1.15 bits per heavy atom. The third kappa shape index (κ3) is 2.88. The van der Waals surface area contributed by atoms with Gasteiger partial charge in [0.15, 0.2) is 0 Å². The SMILES string of the molecule is CCCc1nc(C2CCC(C)CC2)nc2c1CCNC2. The lowest BCUT2D eigenvalue weighted by Crippen LogP contribution is -2.28. The molecule has 3 heteroatoms. The van der Waals surface area contributed by atoms with E-state index in [9.17, 15) is 0 Å². The van der Waals surface area contributed by atoms with Gasteiger partial charge < -0.3 is 5.32 Å². The van der Waals surface area contributed by atoms with Gasteiger partial charge in [0.2, 0.25) is 0 Å². The van der Waals surface area contributed by atoms with Crippen molar-refractivity contribution in [1.82, 2.24) is 15.3 Å². The minimum absolute atomic E-state index is 0.606. The second-order valence-electron chi connectivity index (χ2n) is 6.59. The van der Waals surface area contributed by atoms with Gasteiger partial charge in [-0.3, -0.25) is 0 Å². The van der Waals surface area contributed by atoms with Crippen LogP contribution in [0.5, 0.6) is 0 Å². The molecule has 3 rings (SSSR count). The topological polar surface area (TPSA) is 37.8 Å². The summed E-state index contributed by atoms with van der Waals surface area (Å²) in [5.41, 5.74) is 4.06. The average molecular weight is 273 g/mol. The summed E-state index contributed by atoms with van der Waals surface area (Å²) in [6.45, 7) is 6.63. The number of nitrogens with one attached hydrogen (secondary N) is 1. The van der Waals surface area contributed by atoms with Crippen LogP contribution in [-0.4, -0.2) is 16.5 Å². The molecule has 0 amide bonds.